The summed E-state index contributed by atoms with van der Waals surface area (Å²) in [6, 6.07) is 0. The predicted molar refractivity (Wildman–Crippen MR) is 61.1 cm³/mol. The second-order valence-corrected chi connectivity index (χ2v) is 3.44. The maximum Gasteiger partial charge on any atom is 0.334 e. The van der Waals surface area contributed by atoms with Gasteiger partial charge in [-0.05, 0) is 26.2 Å². The average Bonchev–Trinajstić information content (AvgIpc) is 2.23. The highest BCUT2D eigenvalue weighted by Gasteiger charge is 2.19. The molecule has 0 heterocycles. The fraction of sp³-hybridized carbons (Fsp3) is 0.667. The summed E-state index contributed by atoms with van der Waals surface area (Å²) in [6.07, 6.45) is 2.53. The lowest BCUT2D eigenvalue weighted by molar-refractivity contribution is -0.140. The quantitative estimate of drug-likeness (QED) is 0.537. The van der Waals surface area contributed by atoms with Crippen molar-refractivity contribution in [2.45, 2.75) is 46.5 Å². The Morgan fingerprint density at radius 2 is 1.75 bits per heavy atom. The van der Waals surface area contributed by atoms with E-state index in [9.17, 15) is 9.59 Å². The number of carbonyl (C=O) groups excluding carboxylic acids is 1. The first-order valence-corrected chi connectivity index (χ1v) is 5.70. The van der Waals surface area contributed by atoms with Gasteiger partial charge < -0.3 is 9.84 Å². The molecule has 0 aromatic heterocycles. The van der Waals surface area contributed by atoms with Crippen LogP contribution in [-0.2, 0) is 14.3 Å². The van der Waals surface area contributed by atoms with Gasteiger partial charge in [-0.1, -0.05) is 20.3 Å². The SMILES string of the molecule is CCCCC(C(=O)OCC)=C(CC)C(=O)O. The standard InChI is InChI=1S/C12H20O4/c1-4-7-8-10(12(15)16-6-3)9(5-2)11(13)14/h4-8H2,1-3H3,(H,13,14). The summed E-state index contributed by atoms with van der Waals surface area (Å²) in [5.74, 6) is -1.52. The molecule has 1 N–H and O–H groups in total. The van der Waals surface area contributed by atoms with Gasteiger partial charge in [0.25, 0.3) is 0 Å². The van der Waals surface area contributed by atoms with E-state index in [0.717, 1.165) is 12.8 Å². The van der Waals surface area contributed by atoms with Crippen molar-refractivity contribution in [2.75, 3.05) is 6.61 Å². The van der Waals surface area contributed by atoms with Crippen molar-refractivity contribution in [3.8, 4) is 0 Å². The van der Waals surface area contributed by atoms with Crippen LogP contribution in [-0.4, -0.2) is 23.7 Å². The summed E-state index contributed by atoms with van der Waals surface area (Å²) in [6.45, 7) is 5.70. The van der Waals surface area contributed by atoms with Gasteiger partial charge in [0.15, 0.2) is 0 Å². The van der Waals surface area contributed by atoms with Crippen LogP contribution in [0.1, 0.15) is 46.5 Å². The Morgan fingerprint density at radius 3 is 2.12 bits per heavy atom. The smallest absolute Gasteiger partial charge is 0.334 e. The van der Waals surface area contributed by atoms with Gasteiger partial charge in [-0.2, -0.15) is 0 Å². The number of hydrogen-bond acceptors (Lipinski definition) is 3. The van der Waals surface area contributed by atoms with E-state index >= 15 is 0 Å². The molecule has 16 heavy (non-hydrogen) atoms. The van der Waals surface area contributed by atoms with E-state index in [4.69, 9.17) is 9.84 Å². The second kappa shape index (κ2) is 7.91. The minimum Gasteiger partial charge on any atom is -0.478 e. The van der Waals surface area contributed by atoms with Gasteiger partial charge in [-0.15, -0.1) is 0 Å². The average molecular weight is 228 g/mol. The number of carboxylic acids is 1. The molecule has 0 saturated carbocycles. The van der Waals surface area contributed by atoms with E-state index in [-0.39, 0.29) is 12.2 Å². The molecule has 0 rings (SSSR count). The number of ether oxygens (including phenoxy) is 1. The molecule has 0 spiro atoms. The van der Waals surface area contributed by atoms with Crippen LogP contribution in [0.25, 0.3) is 0 Å². The number of aliphatic carboxylic acids is 1. The Bertz CT molecular complexity index is 279. The van der Waals surface area contributed by atoms with Crippen LogP contribution in [0.15, 0.2) is 11.1 Å². The zero-order chi connectivity index (χ0) is 12.6. The second-order valence-electron chi connectivity index (χ2n) is 3.44. The van der Waals surface area contributed by atoms with Crippen molar-refractivity contribution in [3.63, 3.8) is 0 Å². The molecule has 0 bridgehead atoms. The van der Waals surface area contributed by atoms with Crippen LogP contribution in [0, 0.1) is 0 Å². The van der Waals surface area contributed by atoms with Gasteiger partial charge in [-0.3, -0.25) is 0 Å². The zero-order valence-electron chi connectivity index (χ0n) is 10.2. The van der Waals surface area contributed by atoms with Crippen LogP contribution in [0.5, 0.6) is 0 Å². The monoisotopic (exact) mass is 228 g/mol. The molecular formula is C12H20O4. The van der Waals surface area contributed by atoms with E-state index in [2.05, 4.69) is 0 Å². The summed E-state index contributed by atoms with van der Waals surface area (Å²) >= 11 is 0. The Labute approximate surface area is 96.3 Å². The molecule has 0 fully saturated rings. The summed E-state index contributed by atoms with van der Waals surface area (Å²) < 4.78 is 4.87. The fourth-order valence-electron chi connectivity index (χ4n) is 1.44. The number of unbranched alkanes of at least 4 members (excludes halogenated alkanes) is 1. The van der Waals surface area contributed by atoms with Crippen molar-refractivity contribution >= 4 is 11.9 Å². The first kappa shape index (κ1) is 14.7. The lowest BCUT2D eigenvalue weighted by Crippen LogP contribution is -2.14. The van der Waals surface area contributed by atoms with Gasteiger partial charge >= 0.3 is 11.9 Å². The predicted octanol–water partition coefficient (Wildman–Crippen LogP) is 2.53. The molecule has 0 unspecified atom stereocenters. The number of esters is 1. The highest BCUT2D eigenvalue weighted by atomic mass is 16.5. The maximum atomic E-state index is 11.6. The molecule has 92 valence electrons. The van der Waals surface area contributed by atoms with Gasteiger partial charge in [0.2, 0.25) is 0 Å². The fourth-order valence-corrected chi connectivity index (χ4v) is 1.44. The number of rotatable bonds is 7. The van der Waals surface area contributed by atoms with Gasteiger partial charge in [-0.25, -0.2) is 9.59 Å². The molecular weight excluding hydrogens is 208 g/mol. The van der Waals surface area contributed by atoms with Crippen molar-refractivity contribution in [2.24, 2.45) is 0 Å². The Hall–Kier alpha value is -1.32. The molecule has 0 aliphatic carbocycles. The van der Waals surface area contributed by atoms with Crippen LogP contribution < -0.4 is 0 Å². The largest absolute Gasteiger partial charge is 0.478 e. The van der Waals surface area contributed by atoms with Gasteiger partial charge in [0.05, 0.1) is 6.61 Å². The third-order valence-corrected chi connectivity index (χ3v) is 2.28. The lowest BCUT2D eigenvalue weighted by Gasteiger charge is -2.10. The zero-order valence-corrected chi connectivity index (χ0v) is 10.2. The Morgan fingerprint density at radius 1 is 1.12 bits per heavy atom. The highest BCUT2D eigenvalue weighted by Crippen LogP contribution is 2.17. The first-order valence-electron chi connectivity index (χ1n) is 5.70. The molecule has 0 aromatic rings. The first-order chi connectivity index (χ1) is 7.58. The maximum absolute atomic E-state index is 11.6. The summed E-state index contributed by atoms with van der Waals surface area (Å²) in [5, 5.41) is 8.99. The van der Waals surface area contributed by atoms with E-state index in [0.29, 0.717) is 18.4 Å². The topological polar surface area (TPSA) is 63.6 Å². The Kier molecular flexibility index (Phi) is 7.25. The van der Waals surface area contributed by atoms with Crippen LogP contribution in [0.4, 0.5) is 0 Å². The van der Waals surface area contributed by atoms with E-state index in [1.165, 1.54) is 0 Å². The van der Waals surface area contributed by atoms with E-state index in [1.54, 1.807) is 13.8 Å². The van der Waals surface area contributed by atoms with Crippen molar-refractivity contribution in [1.82, 2.24) is 0 Å². The lowest BCUT2D eigenvalue weighted by atomic mass is 10.0. The number of carbonyl (C=O) groups is 2. The molecule has 4 heteroatoms. The van der Waals surface area contributed by atoms with Crippen molar-refractivity contribution < 1.29 is 19.4 Å². The van der Waals surface area contributed by atoms with Crippen LogP contribution in [0.3, 0.4) is 0 Å². The number of hydrogen-bond donors (Lipinski definition) is 1. The van der Waals surface area contributed by atoms with E-state index in [1.807, 2.05) is 6.92 Å². The highest BCUT2D eigenvalue weighted by molar-refractivity contribution is 5.99. The molecule has 0 aromatic carbocycles. The van der Waals surface area contributed by atoms with Crippen LogP contribution >= 0.6 is 0 Å². The van der Waals surface area contributed by atoms with Crippen LogP contribution in [0.2, 0.25) is 0 Å². The number of carboxylic acid groups (broad SMARTS) is 1. The summed E-state index contributed by atoms with van der Waals surface area (Å²) in [7, 11) is 0. The summed E-state index contributed by atoms with van der Waals surface area (Å²) in [4.78, 5) is 22.6. The summed E-state index contributed by atoms with van der Waals surface area (Å²) in [5.41, 5.74) is 0.491. The molecule has 0 saturated heterocycles. The molecule has 0 aliphatic heterocycles. The van der Waals surface area contributed by atoms with Gasteiger partial charge in [0.1, 0.15) is 0 Å². The third kappa shape index (κ3) is 4.47. The molecule has 4 nitrogen and oxygen atoms in total. The Balaban J connectivity index is 5.01. The van der Waals surface area contributed by atoms with Crippen molar-refractivity contribution in [3.05, 3.63) is 11.1 Å². The molecule has 0 radical (unpaired) electrons. The minimum absolute atomic E-state index is 0.173. The van der Waals surface area contributed by atoms with Crippen molar-refractivity contribution in [1.29, 1.82) is 0 Å². The molecule has 0 aliphatic rings. The van der Waals surface area contributed by atoms with E-state index < -0.39 is 11.9 Å². The third-order valence-electron chi connectivity index (χ3n) is 2.28. The molecule has 0 amide bonds. The minimum atomic E-state index is -1.03. The van der Waals surface area contributed by atoms with Gasteiger partial charge in [0, 0.05) is 11.1 Å². The normalized spacial score (nSPS) is 11.9. The molecule has 0 atom stereocenters.